The highest BCUT2D eigenvalue weighted by Crippen LogP contribution is 2.30. The van der Waals surface area contributed by atoms with Crippen molar-refractivity contribution in [1.82, 2.24) is 4.31 Å². The molecule has 112 valence electrons. The first-order valence-corrected chi connectivity index (χ1v) is 8.10. The van der Waals surface area contributed by atoms with Gasteiger partial charge in [0.25, 0.3) is 0 Å². The maximum absolute atomic E-state index is 12.7. The summed E-state index contributed by atoms with van der Waals surface area (Å²) in [6, 6.07) is 3.47. The second-order valence-corrected chi connectivity index (χ2v) is 7.17. The summed E-state index contributed by atoms with van der Waals surface area (Å²) in [5.41, 5.74) is 1.38. The second-order valence-electron chi connectivity index (χ2n) is 5.29. The number of hydrogen-bond donors (Lipinski definition) is 1. The summed E-state index contributed by atoms with van der Waals surface area (Å²) < 4.78 is 32.1. The van der Waals surface area contributed by atoms with E-state index in [2.05, 4.69) is 0 Å². The molecule has 1 aliphatic heterocycles. The van der Waals surface area contributed by atoms with Crippen LogP contribution in [0, 0.1) is 19.8 Å². The van der Waals surface area contributed by atoms with Crippen LogP contribution < -0.4 is 4.74 Å². The summed E-state index contributed by atoms with van der Waals surface area (Å²) >= 11 is 0. The van der Waals surface area contributed by atoms with Crippen molar-refractivity contribution >= 4 is 10.0 Å². The van der Waals surface area contributed by atoms with Crippen molar-refractivity contribution in [3.8, 4) is 5.75 Å². The smallest absolute Gasteiger partial charge is 0.243 e. The Morgan fingerprint density at radius 3 is 2.40 bits per heavy atom. The highest BCUT2D eigenvalue weighted by molar-refractivity contribution is 7.89. The molecule has 1 saturated heterocycles. The molecule has 0 amide bonds. The first-order chi connectivity index (χ1) is 9.40. The Bertz CT molecular complexity index is 574. The van der Waals surface area contributed by atoms with E-state index in [0.717, 1.165) is 0 Å². The van der Waals surface area contributed by atoms with Gasteiger partial charge in [-0.3, -0.25) is 0 Å². The van der Waals surface area contributed by atoms with E-state index in [9.17, 15) is 8.42 Å². The molecule has 20 heavy (non-hydrogen) atoms. The van der Waals surface area contributed by atoms with Crippen LogP contribution in [0.5, 0.6) is 5.75 Å². The molecule has 1 fully saturated rings. The molecule has 0 bridgehead atoms. The number of nitrogens with zero attached hydrogens (tertiary/aromatic N) is 1. The number of methoxy groups -OCH3 is 1. The van der Waals surface area contributed by atoms with E-state index in [1.165, 1.54) is 4.31 Å². The minimum absolute atomic E-state index is 0.0343. The van der Waals surface area contributed by atoms with E-state index in [4.69, 9.17) is 9.84 Å². The van der Waals surface area contributed by atoms with Gasteiger partial charge >= 0.3 is 0 Å². The Balaban J connectivity index is 2.40. The highest BCUT2D eigenvalue weighted by atomic mass is 32.2. The fraction of sp³-hybridized carbons (Fsp3) is 0.571. The number of aliphatic hydroxyl groups is 1. The summed E-state index contributed by atoms with van der Waals surface area (Å²) in [7, 11) is -1.94. The van der Waals surface area contributed by atoms with Gasteiger partial charge in [0.05, 0.1) is 12.0 Å². The molecule has 5 nitrogen and oxygen atoms in total. The Hall–Kier alpha value is -1.11. The van der Waals surface area contributed by atoms with Crippen molar-refractivity contribution in [2.45, 2.75) is 25.2 Å². The molecule has 2 rings (SSSR count). The molecule has 0 spiro atoms. The van der Waals surface area contributed by atoms with Gasteiger partial charge in [-0.25, -0.2) is 8.42 Å². The molecule has 1 N–H and O–H groups in total. The van der Waals surface area contributed by atoms with Crippen molar-refractivity contribution in [2.24, 2.45) is 5.92 Å². The van der Waals surface area contributed by atoms with Crippen molar-refractivity contribution in [3.05, 3.63) is 23.3 Å². The van der Waals surface area contributed by atoms with Crippen LogP contribution in [0.15, 0.2) is 17.0 Å². The van der Waals surface area contributed by atoms with Gasteiger partial charge in [0, 0.05) is 19.7 Å². The Morgan fingerprint density at radius 1 is 1.35 bits per heavy atom. The maximum Gasteiger partial charge on any atom is 0.243 e. The van der Waals surface area contributed by atoms with E-state index in [-0.39, 0.29) is 12.5 Å². The lowest BCUT2D eigenvalue weighted by molar-refractivity contribution is 0.233. The van der Waals surface area contributed by atoms with Crippen molar-refractivity contribution < 1.29 is 18.3 Å². The van der Waals surface area contributed by atoms with Crippen LogP contribution in [0.25, 0.3) is 0 Å². The molecular formula is C14H21NO4S. The SMILES string of the molecule is COc1cc(C)c(S(=O)(=O)N2CCC(CO)C2)c(C)c1. The Kier molecular flexibility index (Phi) is 4.36. The van der Waals surface area contributed by atoms with Crippen LogP contribution in [0.2, 0.25) is 0 Å². The third kappa shape index (κ3) is 2.68. The molecule has 1 heterocycles. The van der Waals surface area contributed by atoms with Crippen molar-refractivity contribution in [1.29, 1.82) is 0 Å². The molecule has 0 aromatic heterocycles. The Labute approximate surface area is 120 Å². The van der Waals surface area contributed by atoms with Gasteiger partial charge in [-0.1, -0.05) is 0 Å². The van der Waals surface area contributed by atoms with Gasteiger partial charge in [-0.15, -0.1) is 0 Å². The van der Waals surface area contributed by atoms with Crippen molar-refractivity contribution in [3.63, 3.8) is 0 Å². The third-order valence-electron chi connectivity index (χ3n) is 3.77. The zero-order chi connectivity index (χ0) is 14.9. The summed E-state index contributed by atoms with van der Waals surface area (Å²) in [5.74, 6) is 0.706. The monoisotopic (exact) mass is 299 g/mol. The lowest BCUT2D eigenvalue weighted by atomic mass is 10.1. The first-order valence-electron chi connectivity index (χ1n) is 6.66. The van der Waals surface area contributed by atoms with Crippen molar-refractivity contribution in [2.75, 3.05) is 26.8 Å². The molecule has 1 atom stereocenters. The molecule has 0 saturated carbocycles. The summed E-state index contributed by atoms with van der Waals surface area (Å²) in [5, 5.41) is 9.16. The first kappa shape index (κ1) is 15.3. The summed E-state index contributed by atoms with van der Waals surface area (Å²) in [4.78, 5) is 0.358. The van der Waals surface area contributed by atoms with Gasteiger partial charge < -0.3 is 9.84 Å². The highest BCUT2D eigenvalue weighted by Gasteiger charge is 2.34. The molecular weight excluding hydrogens is 278 g/mol. The number of ether oxygens (including phenoxy) is 1. The number of aryl methyl sites for hydroxylation is 2. The number of aliphatic hydroxyl groups excluding tert-OH is 1. The normalized spacial score (nSPS) is 20.3. The topological polar surface area (TPSA) is 66.8 Å². The van der Waals surface area contributed by atoms with Gasteiger partial charge in [0.2, 0.25) is 10.0 Å². The number of benzene rings is 1. The lowest BCUT2D eigenvalue weighted by Gasteiger charge is -2.20. The lowest BCUT2D eigenvalue weighted by Crippen LogP contribution is -2.30. The minimum Gasteiger partial charge on any atom is -0.497 e. The van der Waals surface area contributed by atoms with Crippen LogP contribution in [-0.4, -0.2) is 44.6 Å². The average Bonchev–Trinajstić information content (AvgIpc) is 2.86. The largest absolute Gasteiger partial charge is 0.497 e. The molecule has 1 unspecified atom stereocenters. The van der Waals surface area contributed by atoms with E-state index < -0.39 is 10.0 Å². The average molecular weight is 299 g/mol. The fourth-order valence-electron chi connectivity index (χ4n) is 2.73. The molecule has 1 aromatic rings. The van der Waals surface area contributed by atoms with Crippen LogP contribution in [-0.2, 0) is 10.0 Å². The van der Waals surface area contributed by atoms with Crippen LogP contribution in [0.4, 0.5) is 0 Å². The van der Waals surface area contributed by atoms with E-state index in [0.29, 0.717) is 41.3 Å². The predicted molar refractivity (Wildman–Crippen MR) is 76.4 cm³/mol. The molecule has 1 aromatic carbocycles. The van der Waals surface area contributed by atoms with E-state index >= 15 is 0 Å². The molecule has 1 aliphatic rings. The van der Waals surface area contributed by atoms with Crippen LogP contribution >= 0.6 is 0 Å². The second kappa shape index (κ2) is 5.71. The fourth-order valence-corrected chi connectivity index (χ4v) is 4.67. The quantitative estimate of drug-likeness (QED) is 0.910. The molecule has 6 heteroatoms. The maximum atomic E-state index is 12.7. The minimum atomic E-state index is -3.50. The zero-order valence-corrected chi connectivity index (χ0v) is 12.9. The van der Waals surface area contributed by atoms with Crippen LogP contribution in [0.3, 0.4) is 0 Å². The van der Waals surface area contributed by atoms with E-state index in [1.807, 2.05) is 0 Å². The van der Waals surface area contributed by atoms with Crippen LogP contribution in [0.1, 0.15) is 17.5 Å². The van der Waals surface area contributed by atoms with Gasteiger partial charge in [-0.05, 0) is 49.4 Å². The molecule has 0 aliphatic carbocycles. The van der Waals surface area contributed by atoms with Gasteiger partial charge in [-0.2, -0.15) is 4.31 Å². The summed E-state index contributed by atoms with van der Waals surface area (Å²) in [6.45, 7) is 4.46. The number of hydrogen-bond acceptors (Lipinski definition) is 4. The summed E-state index contributed by atoms with van der Waals surface area (Å²) in [6.07, 6.45) is 0.712. The zero-order valence-electron chi connectivity index (χ0n) is 12.1. The number of rotatable bonds is 4. The van der Waals surface area contributed by atoms with Gasteiger partial charge in [0.1, 0.15) is 5.75 Å². The third-order valence-corrected chi connectivity index (χ3v) is 5.95. The number of sulfonamides is 1. The predicted octanol–water partition coefficient (Wildman–Crippen LogP) is 1.31. The molecule has 0 radical (unpaired) electrons. The Morgan fingerprint density at radius 2 is 1.95 bits per heavy atom. The van der Waals surface area contributed by atoms with Gasteiger partial charge in [0.15, 0.2) is 0 Å². The standard InChI is InChI=1S/C14H21NO4S/c1-10-6-13(19-3)7-11(2)14(10)20(17,18)15-5-4-12(8-15)9-16/h6-7,12,16H,4-5,8-9H2,1-3H3. The van der Waals surface area contributed by atoms with E-state index in [1.54, 1.807) is 33.1 Å².